The van der Waals surface area contributed by atoms with Crippen molar-refractivity contribution >= 4 is 17.4 Å². The molecule has 0 spiro atoms. The molecule has 2 aromatic rings. The van der Waals surface area contributed by atoms with E-state index in [9.17, 15) is 14.7 Å². The van der Waals surface area contributed by atoms with Gasteiger partial charge < -0.3 is 19.6 Å². The Balaban J connectivity index is 2.07. The number of Topliss-reactive ketones (excluding diaryl/α,β-unsaturated/α-hetero) is 1. The highest BCUT2D eigenvalue weighted by Gasteiger charge is 2.46. The molecule has 1 fully saturated rings. The summed E-state index contributed by atoms with van der Waals surface area (Å²) in [6, 6.07) is 12.5. The normalized spacial score (nSPS) is 17.6. The van der Waals surface area contributed by atoms with Crippen LogP contribution in [0.3, 0.4) is 0 Å². The lowest BCUT2D eigenvalue weighted by molar-refractivity contribution is -0.140. The first-order valence-corrected chi connectivity index (χ1v) is 12.1. The maximum atomic E-state index is 13.2. The molecule has 3 rings (SSSR count). The molecule has 1 heterocycles. The monoisotopic (exact) mass is 464 g/mol. The molecule has 0 bridgehead atoms. The second-order valence-corrected chi connectivity index (χ2v) is 8.76. The third kappa shape index (κ3) is 5.33. The van der Waals surface area contributed by atoms with Crippen molar-refractivity contribution in [1.29, 1.82) is 0 Å². The Bertz CT molecular complexity index is 1050. The minimum Gasteiger partial charge on any atom is -0.507 e. The van der Waals surface area contributed by atoms with Gasteiger partial charge in [0, 0.05) is 18.7 Å². The number of carbonyl (C=O) groups excluding carboxylic acids is 2. The van der Waals surface area contributed by atoms with Crippen LogP contribution in [0.25, 0.3) is 5.76 Å². The summed E-state index contributed by atoms with van der Waals surface area (Å²) in [5.41, 5.74) is 3.35. The number of carbonyl (C=O) groups is 2. The van der Waals surface area contributed by atoms with Gasteiger partial charge in [-0.1, -0.05) is 50.6 Å². The number of rotatable bonds is 10. The van der Waals surface area contributed by atoms with Crippen LogP contribution in [-0.2, 0) is 9.59 Å². The van der Waals surface area contributed by atoms with Crippen molar-refractivity contribution in [3.8, 4) is 5.75 Å². The zero-order valence-corrected chi connectivity index (χ0v) is 20.9. The van der Waals surface area contributed by atoms with Gasteiger partial charge in [0.25, 0.3) is 11.7 Å². The molecule has 1 N–H and O–H groups in total. The van der Waals surface area contributed by atoms with Crippen molar-refractivity contribution in [2.24, 2.45) is 0 Å². The lowest BCUT2D eigenvalue weighted by Crippen LogP contribution is -2.38. The molecule has 6 nitrogen and oxygen atoms in total. The maximum absolute atomic E-state index is 13.2. The number of likely N-dealkylation sites (tertiary alicyclic amines) is 1. The van der Waals surface area contributed by atoms with Gasteiger partial charge in [0.2, 0.25) is 0 Å². The molecule has 6 heteroatoms. The molecular formula is C28H36N2O4. The predicted octanol–water partition coefficient (Wildman–Crippen LogP) is 4.86. The highest BCUT2D eigenvalue weighted by Crippen LogP contribution is 2.40. The van der Waals surface area contributed by atoms with Crippen LogP contribution < -0.4 is 4.74 Å². The van der Waals surface area contributed by atoms with Gasteiger partial charge in [-0.25, -0.2) is 0 Å². The van der Waals surface area contributed by atoms with Crippen molar-refractivity contribution in [1.82, 2.24) is 9.80 Å². The van der Waals surface area contributed by atoms with Gasteiger partial charge in [-0.15, -0.1) is 0 Å². The number of aryl methyl sites for hydroxylation is 2. The van der Waals surface area contributed by atoms with Crippen LogP contribution in [0.15, 0.2) is 48.0 Å². The second-order valence-electron chi connectivity index (χ2n) is 8.76. The van der Waals surface area contributed by atoms with E-state index in [1.807, 2.05) is 51.1 Å². The van der Waals surface area contributed by atoms with Crippen molar-refractivity contribution in [3.63, 3.8) is 0 Å². The topological polar surface area (TPSA) is 70.1 Å². The molecule has 0 aliphatic carbocycles. The molecule has 2 aromatic carbocycles. The molecule has 1 amide bonds. The number of nitrogens with zero attached hydrogens (tertiary/aromatic N) is 2. The lowest BCUT2D eigenvalue weighted by Gasteiger charge is -2.28. The van der Waals surface area contributed by atoms with Gasteiger partial charge >= 0.3 is 0 Å². The Hall–Kier alpha value is -3.12. The van der Waals surface area contributed by atoms with E-state index >= 15 is 0 Å². The predicted molar refractivity (Wildman–Crippen MR) is 135 cm³/mol. The van der Waals surface area contributed by atoms with Crippen LogP contribution in [0, 0.1) is 13.8 Å². The summed E-state index contributed by atoms with van der Waals surface area (Å²) in [7, 11) is 0. The molecule has 0 saturated carbocycles. The number of ketones is 1. The number of aliphatic hydroxyl groups excluding tert-OH is 1. The number of ether oxygens (including phenoxy) is 1. The molecular weight excluding hydrogens is 428 g/mol. The van der Waals surface area contributed by atoms with Gasteiger partial charge in [0.15, 0.2) is 0 Å². The smallest absolute Gasteiger partial charge is 0.295 e. The Morgan fingerprint density at radius 1 is 1.03 bits per heavy atom. The molecule has 0 aromatic heterocycles. The van der Waals surface area contributed by atoms with Crippen molar-refractivity contribution in [2.75, 3.05) is 32.8 Å². The summed E-state index contributed by atoms with van der Waals surface area (Å²) in [6.45, 7) is 13.4. The largest absolute Gasteiger partial charge is 0.507 e. The first-order chi connectivity index (χ1) is 16.3. The molecule has 1 aliphatic heterocycles. The molecule has 182 valence electrons. The zero-order valence-electron chi connectivity index (χ0n) is 20.9. The van der Waals surface area contributed by atoms with Crippen LogP contribution in [0.1, 0.15) is 55.5 Å². The summed E-state index contributed by atoms with van der Waals surface area (Å²) in [5, 5.41) is 11.4. The SMILES string of the molecule is CCCOc1ccc(/C(O)=C2\C(=O)C(=O)N(CCN(CC)CC)C2c2ccc(C)cc2)c(C)c1. The summed E-state index contributed by atoms with van der Waals surface area (Å²) in [4.78, 5) is 30.2. The Morgan fingerprint density at radius 2 is 1.71 bits per heavy atom. The number of hydrogen-bond acceptors (Lipinski definition) is 5. The van der Waals surface area contributed by atoms with Gasteiger partial charge in [0.1, 0.15) is 11.5 Å². The van der Waals surface area contributed by atoms with Crippen molar-refractivity contribution in [2.45, 2.75) is 47.1 Å². The second kappa shape index (κ2) is 11.3. The van der Waals surface area contributed by atoms with Gasteiger partial charge in [-0.3, -0.25) is 9.59 Å². The highest BCUT2D eigenvalue weighted by atomic mass is 16.5. The minimum atomic E-state index is -0.645. The third-order valence-corrected chi connectivity index (χ3v) is 6.41. The fourth-order valence-electron chi connectivity index (χ4n) is 4.35. The lowest BCUT2D eigenvalue weighted by atomic mass is 9.93. The van der Waals surface area contributed by atoms with Crippen molar-refractivity contribution in [3.05, 3.63) is 70.3 Å². The summed E-state index contributed by atoms with van der Waals surface area (Å²) in [6.07, 6.45) is 0.897. The van der Waals surface area contributed by atoms with Crippen LogP contribution in [0.5, 0.6) is 5.75 Å². The first kappa shape index (κ1) is 25.5. The molecule has 34 heavy (non-hydrogen) atoms. The molecule has 1 aliphatic rings. The van der Waals surface area contributed by atoms with E-state index in [4.69, 9.17) is 4.74 Å². The van der Waals surface area contributed by atoms with Gasteiger partial charge in [-0.05, 0) is 62.7 Å². The Kier molecular flexibility index (Phi) is 8.51. The minimum absolute atomic E-state index is 0.138. The quantitative estimate of drug-likeness (QED) is 0.309. The fourth-order valence-corrected chi connectivity index (χ4v) is 4.35. The van der Waals surface area contributed by atoms with Crippen LogP contribution in [0.4, 0.5) is 0 Å². The van der Waals surface area contributed by atoms with E-state index in [1.165, 1.54) is 0 Å². The maximum Gasteiger partial charge on any atom is 0.295 e. The van der Waals surface area contributed by atoms with E-state index in [0.29, 0.717) is 31.0 Å². The fraction of sp³-hybridized carbons (Fsp3) is 0.429. The van der Waals surface area contributed by atoms with Crippen LogP contribution in [0.2, 0.25) is 0 Å². The summed E-state index contributed by atoms with van der Waals surface area (Å²) in [5.74, 6) is -0.646. The Morgan fingerprint density at radius 3 is 2.29 bits per heavy atom. The molecule has 0 radical (unpaired) electrons. The van der Waals surface area contributed by atoms with E-state index in [1.54, 1.807) is 17.0 Å². The van der Waals surface area contributed by atoms with Gasteiger partial charge in [0.05, 0.1) is 18.2 Å². The number of benzene rings is 2. The van der Waals surface area contributed by atoms with E-state index in [0.717, 1.165) is 36.2 Å². The average molecular weight is 465 g/mol. The summed E-state index contributed by atoms with van der Waals surface area (Å²) < 4.78 is 5.70. The van der Waals surface area contributed by atoms with E-state index < -0.39 is 17.7 Å². The highest BCUT2D eigenvalue weighted by molar-refractivity contribution is 6.46. The molecule has 1 saturated heterocycles. The number of hydrogen-bond donors (Lipinski definition) is 1. The zero-order chi connectivity index (χ0) is 24.8. The Labute approximate surface area is 202 Å². The summed E-state index contributed by atoms with van der Waals surface area (Å²) >= 11 is 0. The van der Waals surface area contributed by atoms with E-state index in [-0.39, 0.29) is 11.3 Å². The average Bonchev–Trinajstić information content (AvgIpc) is 3.08. The van der Waals surface area contributed by atoms with Crippen molar-refractivity contribution < 1.29 is 19.4 Å². The number of aliphatic hydroxyl groups is 1. The molecule has 1 unspecified atom stereocenters. The number of likely N-dealkylation sites (N-methyl/N-ethyl adjacent to an activating group) is 1. The number of amides is 1. The third-order valence-electron chi connectivity index (χ3n) is 6.41. The van der Waals surface area contributed by atoms with Crippen LogP contribution in [-0.4, -0.2) is 59.4 Å². The first-order valence-electron chi connectivity index (χ1n) is 12.1. The van der Waals surface area contributed by atoms with Crippen LogP contribution >= 0.6 is 0 Å². The standard InChI is InChI=1S/C28H36N2O4/c1-6-17-34-22-13-14-23(20(5)18-22)26(31)24-25(21-11-9-19(4)10-12-21)30(28(33)27(24)32)16-15-29(7-2)8-3/h9-14,18,25,31H,6-8,15-17H2,1-5H3/b26-24+. The van der Waals surface area contributed by atoms with Gasteiger partial charge in [-0.2, -0.15) is 0 Å². The van der Waals surface area contributed by atoms with E-state index in [2.05, 4.69) is 18.7 Å². The molecule has 1 atom stereocenters.